The van der Waals surface area contributed by atoms with Gasteiger partial charge in [-0.1, -0.05) is 30.3 Å². The summed E-state index contributed by atoms with van der Waals surface area (Å²) >= 11 is 0. The first-order valence-corrected chi connectivity index (χ1v) is 7.51. The summed E-state index contributed by atoms with van der Waals surface area (Å²) in [5, 5.41) is 3.89. The number of pyridine rings is 2. The van der Waals surface area contributed by atoms with E-state index in [-0.39, 0.29) is 0 Å². The van der Waals surface area contributed by atoms with Crippen LogP contribution in [0.4, 0.5) is 0 Å². The van der Waals surface area contributed by atoms with Crippen molar-refractivity contribution in [2.45, 2.75) is 0 Å². The van der Waals surface area contributed by atoms with Crippen LogP contribution in [0, 0.1) is 0 Å². The number of aryl methyl sites for hydroxylation is 2. The molecule has 0 aliphatic carbocycles. The van der Waals surface area contributed by atoms with E-state index in [1.165, 1.54) is 32.9 Å². The highest BCUT2D eigenvalue weighted by atomic mass is 14.9. The van der Waals surface area contributed by atoms with Crippen molar-refractivity contribution in [3.63, 3.8) is 0 Å². The summed E-state index contributed by atoms with van der Waals surface area (Å²) in [4.78, 5) is 0. The van der Waals surface area contributed by atoms with Crippen molar-refractivity contribution >= 4 is 21.7 Å². The Hall–Kier alpha value is -2.74. The minimum atomic E-state index is 1.24. The second kappa shape index (κ2) is 4.92. The van der Waals surface area contributed by atoms with Crippen molar-refractivity contribution in [1.82, 2.24) is 0 Å². The first-order valence-electron chi connectivity index (χ1n) is 7.51. The lowest BCUT2D eigenvalue weighted by Crippen LogP contribution is -2.33. The minimum Gasteiger partial charge on any atom is -0.208 e. The Morgan fingerprint density at radius 3 is 1.95 bits per heavy atom. The number of benzene rings is 2. The first kappa shape index (κ1) is 13.0. The van der Waals surface area contributed by atoms with Gasteiger partial charge in [0.05, 0.1) is 16.3 Å². The molecule has 0 radical (unpaired) electrons. The summed E-state index contributed by atoms with van der Waals surface area (Å²) in [6.45, 7) is 0. The Balaban J connectivity index is 2.20. The molecule has 0 spiro atoms. The van der Waals surface area contributed by atoms with Crippen molar-refractivity contribution in [1.29, 1.82) is 0 Å². The topological polar surface area (TPSA) is 7.76 Å². The SMILES string of the molecule is C[n+]1ccc(-c2c3ccccc3c3ccccc3[n+]2C)cc1. The van der Waals surface area contributed by atoms with Gasteiger partial charge in [-0.25, -0.2) is 4.57 Å². The Morgan fingerprint density at radius 2 is 1.23 bits per heavy atom. The van der Waals surface area contributed by atoms with E-state index in [2.05, 4.69) is 89.2 Å². The number of hydrogen-bond acceptors (Lipinski definition) is 0. The maximum absolute atomic E-state index is 2.30. The molecular weight excluding hydrogens is 268 g/mol. The molecule has 0 amide bonds. The maximum Gasteiger partial charge on any atom is 0.221 e. The normalized spacial score (nSPS) is 11.2. The van der Waals surface area contributed by atoms with Crippen LogP contribution in [0.5, 0.6) is 0 Å². The fourth-order valence-corrected chi connectivity index (χ4v) is 3.23. The summed E-state index contributed by atoms with van der Waals surface area (Å²) in [5.41, 5.74) is 3.75. The third kappa shape index (κ3) is 1.88. The van der Waals surface area contributed by atoms with Crippen LogP contribution < -0.4 is 9.13 Å². The Labute approximate surface area is 129 Å². The summed E-state index contributed by atoms with van der Waals surface area (Å²) in [5.74, 6) is 0. The molecule has 0 atom stereocenters. The molecule has 22 heavy (non-hydrogen) atoms. The Kier molecular flexibility index (Phi) is 2.90. The van der Waals surface area contributed by atoms with E-state index >= 15 is 0 Å². The highest BCUT2D eigenvalue weighted by molar-refractivity contribution is 6.08. The molecule has 0 unspecified atom stereocenters. The van der Waals surface area contributed by atoms with E-state index in [1.807, 2.05) is 7.05 Å². The van der Waals surface area contributed by atoms with Crippen LogP contribution in [0.2, 0.25) is 0 Å². The van der Waals surface area contributed by atoms with Crippen molar-refractivity contribution < 1.29 is 9.13 Å². The van der Waals surface area contributed by atoms with E-state index in [4.69, 9.17) is 0 Å². The molecule has 0 saturated carbocycles. The zero-order valence-electron chi connectivity index (χ0n) is 12.8. The highest BCUT2D eigenvalue weighted by Crippen LogP contribution is 2.30. The molecule has 2 heterocycles. The van der Waals surface area contributed by atoms with Gasteiger partial charge in [0.2, 0.25) is 11.2 Å². The van der Waals surface area contributed by atoms with Crippen LogP contribution in [0.15, 0.2) is 73.1 Å². The third-order valence-electron chi connectivity index (χ3n) is 4.33. The molecule has 2 aromatic carbocycles. The van der Waals surface area contributed by atoms with Gasteiger partial charge >= 0.3 is 0 Å². The molecule has 0 aliphatic rings. The average Bonchev–Trinajstić information content (AvgIpc) is 2.57. The molecule has 0 saturated heterocycles. The average molecular weight is 286 g/mol. The number of nitrogens with zero attached hydrogens (tertiary/aromatic N) is 2. The van der Waals surface area contributed by atoms with E-state index < -0.39 is 0 Å². The summed E-state index contributed by atoms with van der Waals surface area (Å²) in [6, 6.07) is 21.6. The largest absolute Gasteiger partial charge is 0.221 e. The minimum absolute atomic E-state index is 1.24. The van der Waals surface area contributed by atoms with Gasteiger partial charge in [-0.05, 0) is 12.1 Å². The molecule has 4 aromatic rings. The van der Waals surface area contributed by atoms with Gasteiger partial charge in [-0.2, -0.15) is 4.57 Å². The van der Waals surface area contributed by atoms with Crippen LogP contribution in [-0.4, -0.2) is 0 Å². The second-order valence-corrected chi connectivity index (χ2v) is 5.72. The van der Waals surface area contributed by atoms with Crippen LogP contribution in [0.3, 0.4) is 0 Å². The van der Waals surface area contributed by atoms with Crippen LogP contribution in [0.1, 0.15) is 0 Å². The van der Waals surface area contributed by atoms with Crippen molar-refractivity contribution in [3.8, 4) is 11.3 Å². The first-order chi connectivity index (χ1) is 10.8. The molecule has 2 nitrogen and oxygen atoms in total. The van der Waals surface area contributed by atoms with Gasteiger partial charge in [-0.15, -0.1) is 0 Å². The van der Waals surface area contributed by atoms with Crippen molar-refractivity contribution in [2.75, 3.05) is 0 Å². The fourth-order valence-electron chi connectivity index (χ4n) is 3.23. The predicted molar refractivity (Wildman–Crippen MR) is 89.2 cm³/mol. The smallest absolute Gasteiger partial charge is 0.208 e. The molecular formula is C20H18N2+2. The lowest BCUT2D eigenvalue weighted by molar-refractivity contribution is -0.671. The van der Waals surface area contributed by atoms with Gasteiger partial charge in [0.15, 0.2) is 12.4 Å². The number of aromatic nitrogens is 2. The standard InChI is InChI=1S/C20H18N2/c1-21-13-11-15(12-14-21)20-18-9-4-3-7-16(18)17-8-5-6-10-19(17)22(20)2/h3-14H,1-2H3/q+2. The molecule has 2 heteroatoms. The second-order valence-electron chi connectivity index (χ2n) is 5.72. The van der Waals surface area contributed by atoms with E-state index in [1.54, 1.807) is 0 Å². The zero-order valence-corrected chi connectivity index (χ0v) is 12.8. The summed E-state index contributed by atoms with van der Waals surface area (Å²) in [6.07, 6.45) is 4.19. The summed E-state index contributed by atoms with van der Waals surface area (Å²) < 4.78 is 4.36. The van der Waals surface area contributed by atoms with Gasteiger partial charge < -0.3 is 0 Å². The van der Waals surface area contributed by atoms with E-state index in [0.29, 0.717) is 0 Å². The Morgan fingerprint density at radius 1 is 0.636 bits per heavy atom. The summed E-state index contributed by atoms with van der Waals surface area (Å²) in [7, 11) is 4.19. The van der Waals surface area contributed by atoms with Gasteiger partial charge in [0.25, 0.3) is 0 Å². The van der Waals surface area contributed by atoms with Crippen LogP contribution in [0.25, 0.3) is 32.9 Å². The number of hydrogen-bond donors (Lipinski definition) is 0. The molecule has 4 rings (SSSR count). The van der Waals surface area contributed by atoms with Gasteiger partial charge in [0, 0.05) is 23.6 Å². The van der Waals surface area contributed by atoms with Crippen molar-refractivity contribution in [2.24, 2.45) is 14.1 Å². The third-order valence-corrected chi connectivity index (χ3v) is 4.33. The predicted octanol–water partition coefficient (Wildman–Crippen LogP) is 3.31. The molecule has 0 bridgehead atoms. The fraction of sp³-hybridized carbons (Fsp3) is 0.100. The quantitative estimate of drug-likeness (QED) is 0.375. The van der Waals surface area contributed by atoms with Crippen molar-refractivity contribution in [3.05, 3.63) is 73.1 Å². The molecule has 2 aromatic heterocycles. The van der Waals surface area contributed by atoms with Crippen LogP contribution >= 0.6 is 0 Å². The van der Waals surface area contributed by atoms with Gasteiger partial charge in [-0.3, -0.25) is 0 Å². The molecule has 0 aliphatic heterocycles. The maximum atomic E-state index is 2.30. The number of para-hydroxylation sites is 1. The highest BCUT2D eigenvalue weighted by Gasteiger charge is 2.20. The lowest BCUT2D eigenvalue weighted by Gasteiger charge is -2.08. The lowest BCUT2D eigenvalue weighted by atomic mass is 10.00. The zero-order chi connectivity index (χ0) is 15.1. The molecule has 0 N–H and O–H groups in total. The van der Waals surface area contributed by atoms with E-state index in [9.17, 15) is 0 Å². The Bertz CT molecular complexity index is 986. The monoisotopic (exact) mass is 286 g/mol. The molecule has 106 valence electrons. The van der Waals surface area contributed by atoms with E-state index in [0.717, 1.165) is 0 Å². The number of fused-ring (bicyclic) bond motifs is 3. The van der Waals surface area contributed by atoms with Crippen LogP contribution in [-0.2, 0) is 14.1 Å². The van der Waals surface area contributed by atoms with Gasteiger partial charge in [0.1, 0.15) is 14.1 Å². The number of rotatable bonds is 1. The molecule has 0 fully saturated rings.